The van der Waals surface area contributed by atoms with Crippen molar-refractivity contribution >= 4 is 45.7 Å². The van der Waals surface area contributed by atoms with Gasteiger partial charge in [0.25, 0.3) is 0 Å². The van der Waals surface area contributed by atoms with Crippen LogP contribution in [-0.2, 0) is 11.4 Å². The van der Waals surface area contributed by atoms with Gasteiger partial charge in [0.1, 0.15) is 23.5 Å². The zero-order valence-electron chi connectivity index (χ0n) is 17.0. The average Bonchev–Trinajstić information content (AvgIpc) is 3.19. The van der Waals surface area contributed by atoms with Gasteiger partial charge in [-0.15, -0.1) is 11.8 Å². The number of carbonyl (C=O) groups excluding carboxylic acids is 1. The first-order valence-electron chi connectivity index (χ1n) is 10.2. The van der Waals surface area contributed by atoms with Gasteiger partial charge in [-0.2, -0.15) is 0 Å². The molecule has 1 heterocycles. The molecule has 1 aliphatic heterocycles. The topological polar surface area (TPSA) is 29.5 Å². The van der Waals surface area contributed by atoms with E-state index in [1.807, 2.05) is 48.5 Å². The third-order valence-corrected chi connectivity index (χ3v) is 6.92. The summed E-state index contributed by atoms with van der Waals surface area (Å²) in [5.41, 5.74) is 2.17. The van der Waals surface area contributed by atoms with Gasteiger partial charge in [0.2, 0.25) is 5.91 Å². The second-order valence-corrected chi connectivity index (χ2v) is 8.99. The SMILES string of the molecule is O=C1CS[C@H](c2c(OCc3ccccc3F)ccc3ccccc23)N1c1ccc(Cl)cc1. The van der Waals surface area contributed by atoms with Crippen LogP contribution in [0.5, 0.6) is 5.75 Å². The molecule has 4 aromatic rings. The van der Waals surface area contributed by atoms with Gasteiger partial charge < -0.3 is 4.74 Å². The highest BCUT2D eigenvalue weighted by Gasteiger charge is 2.36. The Hall–Kier alpha value is -3.02. The van der Waals surface area contributed by atoms with E-state index in [9.17, 15) is 9.18 Å². The Morgan fingerprint density at radius 2 is 1.72 bits per heavy atom. The van der Waals surface area contributed by atoms with Crippen molar-refractivity contribution < 1.29 is 13.9 Å². The van der Waals surface area contributed by atoms with E-state index in [1.165, 1.54) is 6.07 Å². The normalized spacial score (nSPS) is 16.0. The summed E-state index contributed by atoms with van der Waals surface area (Å²) in [6.07, 6.45) is 0. The van der Waals surface area contributed by atoms with E-state index in [0.29, 0.717) is 22.1 Å². The molecule has 6 heteroatoms. The Kier molecular flexibility index (Phi) is 5.77. The predicted molar refractivity (Wildman–Crippen MR) is 129 cm³/mol. The molecule has 0 radical (unpaired) electrons. The molecule has 0 bridgehead atoms. The fourth-order valence-electron chi connectivity index (χ4n) is 3.95. The van der Waals surface area contributed by atoms with E-state index in [-0.39, 0.29) is 23.7 Å². The molecule has 0 unspecified atom stereocenters. The van der Waals surface area contributed by atoms with Crippen molar-refractivity contribution in [2.24, 2.45) is 0 Å². The second kappa shape index (κ2) is 8.85. The van der Waals surface area contributed by atoms with Crippen LogP contribution >= 0.6 is 23.4 Å². The fraction of sp³-hybridized carbons (Fsp3) is 0.115. The van der Waals surface area contributed by atoms with Gasteiger partial charge in [-0.1, -0.05) is 60.1 Å². The lowest BCUT2D eigenvalue weighted by molar-refractivity contribution is -0.115. The Bertz CT molecular complexity index is 1290. The van der Waals surface area contributed by atoms with Crippen LogP contribution in [0.2, 0.25) is 5.02 Å². The van der Waals surface area contributed by atoms with Crippen LogP contribution in [0.3, 0.4) is 0 Å². The van der Waals surface area contributed by atoms with Gasteiger partial charge in [0.05, 0.1) is 5.75 Å². The summed E-state index contributed by atoms with van der Waals surface area (Å²) in [6.45, 7) is 0.101. The summed E-state index contributed by atoms with van der Waals surface area (Å²) >= 11 is 7.62. The Morgan fingerprint density at radius 1 is 0.969 bits per heavy atom. The summed E-state index contributed by atoms with van der Waals surface area (Å²) in [6, 6.07) is 25.8. The smallest absolute Gasteiger partial charge is 0.238 e. The van der Waals surface area contributed by atoms with Gasteiger partial charge >= 0.3 is 0 Å². The highest BCUT2D eigenvalue weighted by atomic mass is 35.5. The lowest BCUT2D eigenvalue weighted by atomic mass is 10.0. The molecule has 1 amide bonds. The first-order valence-corrected chi connectivity index (χ1v) is 11.6. The zero-order chi connectivity index (χ0) is 22.1. The van der Waals surface area contributed by atoms with Crippen molar-refractivity contribution in [3.63, 3.8) is 0 Å². The molecule has 32 heavy (non-hydrogen) atoms. The van der Waals surface area contributed by atoms with E-state index >= 15 is 0 Å². The second-order valence-electron chi connectivity index (χ2n) is 7.48. The molecule has 4 aromatic carbocycles. The first kappa shape index (κ1) is 20.9. The summed E-state index contributed by atoms with van der Waals surface area (Å²) in [7, 11) is 0. The minimum atomic E-state index is -0.303. The summed E-state index contributed by atoms with van der Waals surface area (Å²) < 4.78 is 20.3. The number of benzene rings is 4. The predicted octanol–water partition coefficient (Wildman–Crippen LogP) is 6.99. The first-order chi connectivity index (χ1) is 15.6. The summed E-state index contributed by atoms with van der Waals surface area (Å²) in [5, 5.41) is 2.40. The number of anilines is 1. The van der Waals surface area contributed by atoms with Gasteiger partial charge in [-0.05, 0) is 47.2 Å². The maximum Gasteiger partial charge on any atom is 0.238 e. The van der Waals surface area contributed by atoms with Crippen LogP contribution in [0.25, 0.3) is 10.8 Å². The van der Waals surface area contributed by atoms with Crippen LogP contribution in [0, 0.1) is 5.82 Å². The molecule has 1 saturated heterocycles. The van der Waals surface area contributed by atoms with Crippen LogP contribution in [0.1, 0.15) is 16.5 Å². The van der Waals surface area contributed by atoms with E-state index < -0.39 is 0 Å². The molecule has 0 spiro atoms. The number of carbonyl (C=O) groups is 1. The van der Waals surface area contributed by atoms with Crippen LogP contribution in [0.15, 0.2) is 84.9 Å². The van der Waals surface area contributed by atoms with Crippen molar-refractivity contribution in [1.82, 2.24) is 0 Å². The Balaban J connectivity index is 1.59. The van der Waals surface area contributed by atoms with E-state index in [2.05, 4.69) is 0 Å². The lowest BCUT2D eigenvalue weighted by Crippen LogP contribution is -2.28. The molecule has 0 N–H and O–H groups in total. The quantitative estimate of drug-likeness (QED) is 0.319. The third-order valence-electron chi connectivity index (χ3n) is 5.49. The zero-order valence-corrected chi connectivity index (χ0v) is 18.6. The molecule has 1 fully saturated rings. The molecular weight excluding hydrogens is 445 g/mol. The monoisotopic (exact) mass is 463 g/mol. The molecule has 1 atom stereocenters. The van der Waals surface area contributed by atoms with Crippen molar-refractivity contribution in [2.45, 2.75) is 12.0 Å². The highest BCUT2D eigenvalue weighted by Crippen LogP contribution is 2.47. The van der Waals surface area contributed by atoms with Gasteiger partial charge in [-0.25, -0.2) is 4.39 Å². The van der Waals surface area contributed by atoms with E-state index in [4.69, 9.17) is 16.3 Å². The maximum absolute atomic E-state index is 14.2. The molecular formula is C26H19ClFNO2S. The number of ether oxygens (including phenoxy) is 1. The number of thioether (sulfide) groups is 1. The van der Waals surface area contributed by atoms with E-state index in [0.717, 1.165) is 22.0 Å². The lowest BCUT2D eigenvalue weighted by Gasteiger charge is -2.27. The molecule has 0 aromatic heterocycles. The molecule has 3 nitrogen and oxygen atoms in total. The van der Waals surface area contributed by atoms with Crippen molar-refractivity contribution in [3.8, 4) is 5.75 Å². The summed E-state index contributed by atoms with van der Waals surface area (Å²) in [5.74, 6) is 0.722. The fourth-order valence-corrected chi connectivity index (χ4v) is 5.31. The Morgan fingerprint density at radius 3 is 2.53 bits per heavy atom. The number of fused-ring (bicyclic) bond motifs is 1. The van der Waals surface area contributed by atoms with Gasteiger partial charge in [0.15, 0.2) is 0 Å². The van der Waals surface area contributed by atoms with Crippen molar-refractivity contribution in [3.05, 3.63) is 107 Å². The molecule has 160 valence electrons. The molecule has 0 aliphatic carbocycles. The summed E-state index contributed by atoms with van der Waals surface area (Å²) in [4.78, 5) is 14.7. The maximum atomic E-state index is 14.2. The third kappa shape index (κ3) is 3.94. The van der Waals surface area contributed by atoms with Crippen LogP contribution < -0.4 is 9.64 Å². The average molecular weight is 464 g/mol. The number of nitrogens with zero attached hydrogens (tertiary/aromatic N) is 1. The molecule has 5 rings (SSSR count). The number of halogens is 2. The largest absolute Gasteiger partial charge is 0.488 e. The van der Waals surface area contributed by atoms with Gasteiger partial charge in [-0.3, -0.25) is 9.69 Å². The van der Waals surface area contributed by atoms with Crippen molar-refractivity contribution in [2.75, 3.05) is 10.7 Å². The minimum Gasteiger partial charge on any atom is -0.488 e. The Labute approximate surface area is 194 Å². The van der Waals surface area contributed by atoms with Crippen molar-refractivity contribution in [1.29, 1.82) is 0 Å². The number of amides is 1. The minimum absolute atomic E-state index is 0.0234. The van der Waals surface area contributed by atoms with Crippen LogP contribution in [0.4, 0.5) is 10.1 Å². The molecule has 1 aliphatic rings. The van der Waals surface area contributed by atoms with Gasteiger partial charge in [0, 0.05) is 21.8 Å². The number of hydrogen-bond acceptors (Lipinski definition) is 3. The highest BCUT2D eigenvalue weighted by molar-refractivity contribution is 8.00. The molecule has 0 saturated carbocycles. The standard InChI is InChI=1S/C26H19ClFNO2S/c27-19-10-12-20(13-11-19)29-24(30)16-32-26(29)25-21-7-3-1-5-17(21)9-14-23(25)31-15-18-6-2-4-8-22(18)28/h1-14,26H,15-16H2/t26-/m1/s1. The van der Waals surface area contributed by atoms with E-state index in [1.54, 1.807) is 47.0 Å². The number of rotatable bonds is 5. The number of hydrogen-bond donors (Lipinski definition) is 0. The van der Waals surface area contributed by atoms with Crippen LogP contribution in [-0.4, -0.2) is 11.7 Å².